The number of halogens is 1. The van der Waals surface area contributed by atoms with Crippen molar-refractivity contribution in [2.24, 2.45) is 10.2 Å². The molecule has 1 fully saturated rings. The number of hydrogen-bond donors (Lipinski definition) is 0. The van der Waals surface area contributed by atoms with E-state index < -0.39 is 0 Å². The molecular formula is C19H18BrN3O2S. The van der Waals surface area contributed by atoms with Crippen molar-refractivity contribution in [3.63, 3.8) is 0 Å². The Hall–Kier alpha value is -2.12. The van der Waals surface area contributed by atoms with Crippen molar-refractivity contribution < 1.29 is 9.53 Å². The van der Waals surface area contributed by atoms with Crippen LogP contribution in [0.15, 0.2) is 63.2 Å². The Morgan fingerprint density at radius 1 is 1.19 bits per heavy atom. The highest BCUT2D eigenvalue weighted by Crippen LogP contribution is 2.28. The Balaban J connectivity index is 1.75. The van der Waals surface area contributed by atoms with Gasteiger partial charge in [-0.25, -0.2) is 0 Å². The first-order valence-electron chi connectivity index (χ1n) is 8.04. The van der Waals surface area contributed by atoms with Gasteiger partial charge in [0.1, 0.15) is 5.75 Å². The van der Waals surface area contributed by atoms with Crippen LogP contribution in [0.5, 0.6) is 5.75 Å². The molecular weight excluding hydrogens is 414 g/mol. The molecule has 0 saturated carbocycles. The Bertz CT molecular complexity index is 835. The molecule has 7 heteroatoms. The van der Waals surface area contributed by atoms with Gasteiger partial charge in [-0.05, 0) is 42.3 Å². The fourth-order valence-electron chi connectivity index (χ4n) is 2.42. The summed E-state index contributed by atoms with van der Waals surface area (Å²) in [4.78, 5) is 14.1. The van der Waals surface area contributed by atoms with Gasteiger partial charge < -0.3 is 4.74 Å². The van der Waals surface area contributed by atoms with Crippen molar-refractivity contribution in [3.8, 4) is 5.75 Å². The zero-order chi connectivity index (χ0) is 18.5. The topological polar surface area (TPSA) is 54.3 Å². The molecule has 1 amide bonds. The van der Waals surface area contributed by atoms with Gasteiger partial charge in [0.2, 0.25) is 5.91 Å². The van der Waals surface area contributed by atoms with E-state index >= 15 is 0 Å². The number of carbonyl (C=O) groups excluding carboxylic acids is 1. The smallest absolute Gasteiger partial charge is 0.242 e. The summed E-state index contributed by atoms with van der Waals surface area (Å²) < 4.78 is 6.18. The van der Waals surface area contributed by atoms with Crippen LogP contribution >= 0.6 is 27.7 Å². The molecule has 0 aromatic heterocycles. The van der Waals surface area contributed by atoms with Gasteiger partial charge in [-0.2, -0.15) is 5.10 Å². The molecule has 1 aliphatic rings. The second-order valence-electron chi connectivity index (χ2n) is 5.71. The molecule has 0 radical (unpaired) electrons. The maximum absolute atomic E-state index is 12.5. The summed E-state index contributed by atoms with van der Waals surface area (Å²) in [5.74, 6) is 0.834. The van der Waals surface area contributed by atoms with E-state index in [9.17, 15) is 4.79 Å². The van der Waals surface area contributed by atoms with Crippen LogP contribution in [0.1, 0.15) is 18.1 Å². The van der Waals surface area contributed by atoms with Gasteiger partial charge in [-0.15, -0.1) is 5.10 Å². The first kappa shape index (κ1) is 18.7. The van der Waals surface area contributed by atoms with Crippen LogP contribution in [-0.4, -0.2) is 34.5 Å². The third kappa shape index (κ3) is 4.53. The molecule has 5 nitrogen and oxygen atoms in total. The molecule has 0 aliphatic carbocycles. The normalized spacial score (nSPS) is 18.9. The maximum Gasteiger partial charge on any atom is 0.242 e. The fourth-order valence-corrected chi connectivity index (χ4v) is 3.60. The Morgan fingerprint density at radius 3 is 2.54 bits per heavy atom. The van der Waals surface area contributed by atoms with Crippen LogP contribution in [0.25, 0.3) is 0 Å². The van der Waals surface area contributed by atoms with Crippen molar-refractivity contribution in [2.75, 3.05) is 7.11 Å². The standard InChI is InChI=1S/C19H18BrN3O2S/c1-13-18(24)23(12-15-5-9-17(25-2)10-6-15)19(26-13)22-21-11-14-3-7-16(20)8-4-14/h3-11,13H,12H2,1-2H3/b21-11-,22-19+/t13-/m1/s1. The highest BCUT2D eigenvalue weighted by atomic mass is 79.9. The molecule has 26 heavy (non-hydrogen) atoms. The fraction of sp³-hybridized carbons (Fsp3) is 0.211. The van der Waals surface area contributed by atoms with Gasteiger partial charge in [0, 0.05) is 4.47 Å². The van der Waals surface area contributed by atoms with Crippen molar-refractivity contribution in [1.29, 1.82) is 0 Å². The molecule has 0 bridgehead atoms. The first-order valence-corrected chi connectivity index (χ1v) is 9.71. The number of amides is 1. The first-order chi connectivity index (χ1) is 12.6. The lowest BCUT2D eigenvalue weighted by molar-refractivity contribution is -0.126. The second-order valence-corrected chi connectivity index (χ2v) is 7.93. The summed E-state index contributed by atoms with van der Waals surface area (Å²) in [6.07, 6.45) is 1.68. The highest BCUT2D eigenvalue weighted by molar-refractivity contribution is 9.10. The van der Waals surface area contributed by atoms with Gasteiger partial charge >= 0.3 is 0 Å². The number of carbonyl (C=O) groups is 1. The van der Waals surface area contributed by atoms with Crippen LogP contribution in [0.2, 0.25) is 0 Å². The molecule has 2 aromatic rings. The van der Waals surface area contributed by atoms with Crippen molar-refractivity contribution >= 4 is 45.0 Å². The third-order valence-electron chi connectivity index (χ3n) is 3.85. The lowest BCUT2D eigenvalue weighted by Crippen LogP contribution is -2.30. The lowest BCUT2D eigenvalue weighted by Gasteiger charge is -2.15. The number of methoxy groups -OCH3 is 1. The van der Waals surface area contributed by atoms with Crippen LogP contribution in [0.4, 0.5) is 0 Å². The summed E-state index contributed by atoms with van der Waals surface area (Å²) in [6.45, 7) is 2.35. The summed E-state index contributed by atoms with van der Waals surface area (Å²) in [6, 6.07) is 15.4. The Morgan fingerprint density at radius 2 is 1.88 bits per heavy atom. The van der Waals surface area contributed by atoms with Gasteiger partial charge in [-0.1, -0.05) is 52.0 Å². The zero-order valence-corrected chi connectivity index (χ0v) is 16.8. The van der Waals surface area contributed by atoms with E-state index in [1.807, 2.05) is 55.5 Å². The Labute approximate surface area is 165 Å². The summed E-state index contributed by atoms with van der Waals surface area (Å²) in [5.41, 5.74) is 1.96. The minimum absolute atomic E-state index is 0.0448. The molecule has 0 N–H and O–H groups in total. The number of amidine groups is 1. The largest absolute Gasteiger partial charge is 0.497 e. The molecule has 1 heterocycles. The van der Waals surface area contributed by atoms with Crippen LogP contribution in [0.3, 0.4) is 0 Å². The predicted octanol–water partition coefficient (Wildman–Crippen LogP) is 4.31. The van der Waals surface area contributed by atoms with Gasteiger partial charge in [0.25, 0.3) is 0 Å². The van der Waals surface area contributed by atoms with Crippen molar-refractivity contribution in [3.05, 3.63) is 64.1 Å². The quantitative estimate of drug-likeness (QED) is 0.523. The number of hydrogen-bond acceptors (Lipinski definition) is 5. The van der Waals surface area contributed by atoms with E-state index in [2.05, 4.69) is 26.1 Å². The van der Waals surface area contributed by atoms with Crippen molar-refractivity contribution in [1.82, 2.24) is 4.90 Å². The molecule has 1 saturated heterocycles. The van der Waals surface area contributed by atoms with Crippen molar-refractivity contribution in [2.45, 2.75) is 18.7 Å². The average molecular weight is 432 g/mol. The van der Waals surface area contributed by atoms with E-state index in [4.69, 9.17) is 4.74 Å². The molecule has 134 valence electrons. The zero-order valence-electron chi connectivity index (χ0n) is 14.4. The summed E-state index contributed by atoms with van der Waals surface area (Å²) >= 11 is 4.83. The number of rotatable bonds is 5. The third-order valence-corrected chi connectivity index (χ3v) is 5.44. The summed E-state index contributed by atoms with van der Waals surface area (Å²) in [5, 5.41) is 8.88. The van der Waals surface area contributed by atoms with E-state index in [0.29, 0.717) is 11.7 Å². The maximum atomic E-state index is 12.5. The predicted molar refractivity (Wildman–Crippen MR) is 110 cm³/mol. The second kappa shape index (κ2) is 8.51. The number of nitrogens with zero attached hydrogens (tertiary/aromatic N) is 3. The van der Waals surface area contributed by atoms with Crippen LogP contribution in [-0.2, 0) is 11.3 Å². The van der Waals surface area contributed by atoms with Gasteiger partial charge in [0.15, 0.2) is 5.17 Å². The molecule has 1 aliphatic heterocycles. The Kier molecular flexibility index (Phi) is 6.11. The molecule has 1 atom stereocenters. The van der Waals surface area contributed by atoms with Crippen LogP contribution < -0.4 is 4.74 Å². The van der Waals surface area contributed by atoms with E-state index in [1.54, 1.807) is 18.2 Å². The highest BCUT2D eigenvalue weighted by Gasteiger charge is 2.35. The lowest BCUT2D eigenvalue weighted by atomic mass is 10.2. The summed E-state index contributed by atoms with van der Waals surface area (Å²) in [7, 11) is 1.63. The SMILES string of the molecule is COc1ccc(CN2C(=O)[C@@H](C)S/C2=N/N=C\c2ccc(Br)cc2)cc1. The minimum atomic E-state index is -0.158. The minimum Gasteiger partial charge on any atom is -0.497 e. The molecule has 3 rings (SSSR count). The number of thioether (sulfide) groups is 1. The van der Waals surface area contributed by atoms with E-state index in [-0.39, 0.29) is 11.2 Å². The molecule has 0 spiro atoms. The van der Waals surface area contributed by atoms with Gasteiger partial charge in [-0.3, -0.25) is 9.69 Å². The molecule has 0 unspecified atom stereocenters. The number of ether oxygens (including phenoxy) is 1. The van der Waals surface area contributed by atoms with Crippen LogP contribution in [0, 0.1) is 0 Å². The average Bonchev–Trinajstić information content (AvgIpc) is 2.92. The van der Waals surface area contributed by atoms with Gasteiger partial charge in [0.05, 0.1) is 25.1 Å². The number of benzene rings is 2. The monoisotopic (exact) mass is 431 g/mol. The van der Waals surface area contributed by atoms with E-state index in [0.717, 1.165) is 21.3 Å². The van der Waals surface area contributed by atoms with E-state index in [1.165, 1.54) is 11.8 Å². The molecule has 2 aromatic carbocycles.